The van der Waals surface area contributed by atoms with Gasteiger partial charge in [0.05, 0.1) is 11.5 Å². The van der Waals surface area contributed by atoms with E-state index in [9.17, 15) is 8.42 Å². The predicted octanol–water partition coefficient (Wildman–Crippen LogP) is 2.56. The van der Waals surface area contributed by atoms with Crippen molar-refractivity contribution in [2.45, 2.75) is 12.8 Å². The molecule has 1 aromatic rings. The van der Waals surface area contributed by atoms with Crippen LogP contribution < -0.4 is 5.32 Å². The Morgan fingerprint density at radius 2 is 2.05 bits per heavy atom. The Labute approximate surface area is 129 Å². The van der Waals surface area contributed by atoms with Crippen LogP contribution in [-0.4, -0.2) is 33.0 Å². The average molecular weight is 334 g/mol. The molecule has 0 spiro atoms. The number of rotatable bonds is 3. The molecule has 2 fully saturated rings. The van der Waals surface area contributed by atoms with Crippen molar-refractivity contribution in [2.75, 3.05) is 24.6 Å². The molecular formula is C14H17Cl2NO2S. The fraction of sp³-hybridized carbons (Fsp3) is 0.571. The standard InChI is InChI=1S/C14H17Cl2NO2S/c15-12-1-2-13(16)10(5-12)6-14(8-17-9-14)11-3-4-20(18,19)7-11/h1-2,5,11,17H,3-4,6-9H2. The molecule has 0 amide bonds. The monoisotopic (exact) mass is 333 g/mol. The fourth-order valence-corrected chi connectivity index (χ4v) is 5.66. The maximum atomic E-state index is 11.7. The number of benzene rings is 1. The highest BCUT2D eigenvalue weighted by atomic mass is 35.5. The van der Waals surface area contributed by atoms with Gasteiger partial charge in [-0.15, -0.1) is 0 Å². The van der Waals surface area contributed by atoms with Gasteiger partial charge in [0.2, 0.25) is 0 Å². The molecule has 0 aliphatic carbocycles. The molecule has 3 nitrogen and oxygen atoms in total. The van der Waals surface area contributed by atoms with E-state index in [2.05, 4.69) is 5.32 Å². The summed E-state index contributed by atoms with van der Waals surface area (Å²) in [5.41, 5.74) is 1.03. The maximum Gasteiger partial charge on any atom is 0.150 e. The molecule has 0 aromatic heterocycles. The normalized spacial score (nSPS) is 27.2. The predicted molar refractivity (Wildman–Crippen MR) is 82.2 cm³/mol. The highest BCUT2D eigenvalue weighted by molar-refractivity contribution is 7.91. The summed E-state index contributed by atoms with van der Waals surface area (Å²) in [6.07, 6.45) is 1.56. The lowest BCUT2D eigenvalue weighted by Gasteiger charge is -2.47. The first-order valence-corrected chi connectivity index (χ1v) is 9.33. The molecular weight excluding hydrogens is 317 g/mol. The van der Waals surface area contributed by atoms with Gasteiger partial charge in [-0.3, -0.25) is 0 Å². The minimum absolute atomic E-state index is 0.0118. The van der Waals surface area contributed by atoms with Gasteiger partial charge in [0, 0.05) is 28.5 Å². The van der Waals surface area contributed by atoms with Gasteiger partial charge in [-0.05, 0) is 42.5 Å². The van der Waals surface area contributed by atoms with E-state index in [4.69, 9.17) is 23.2 Å². The van der Waals surface area contributed by atoms with Gasteiger partial charge in [0.15, 0.2) is 9.84 Å². The summed E-state index contributed by atoms with van der Waals surface area (Å²) in [4.78, 5) is 0. The molecule has 0 bridgehead atoms. The Balaban J connectivity index is 1.85. The summed E-state index contributed by atoms with van der Waals surface area (Å²) in [5.74, 6) is 0.860. The number of sulfone groups is 1. The number of hydrogen-bond acceptors (Lipinski definition) is 3. The Bertz CT molecular complexity index is 626. The van der Waals surface area contributed by atoms with Gasteiger partial charge in [-0.2, -0.15) is 0 Å². The maximum absolute atomic E-state index is 11.7. The van der Waals surface area contributed by atoms with Crippen molar-refractivity contribution in [3.05, 3.63) is 33.8 Å². The van der Waals surface area contributed by atoms with Crippen LogP contribution in [-0.2, 0) is 16.3 Å². The highest BCUT2D eigenvalue weighted by Gasteiger charge is 2.48. The van der Waals surface area contributed by atoms with Crippen LogP contribution in [0.5, 0.6) is 0 Å². The molecule has 2 heterocycles. The third-order valence-electron chi connectivity index (χ3n) is 4.60. The molecule has 1 N–H and O–H groups in total. The smallest absolute Gasteiger partial charge is 0.150 e. The van der Waals surface area contributed by atoms with E-state index in [1.165, 1.54) is 0 Å². The lowest BCUT2D eigenvalue weighted by atomic mass is 9.67. The Morgan fingerprint density at radius 1 is 1.30 bits per heavy atom. The Hall–Kier alpha value is -0.290. The molecule has 110 valence electrons. The summed E-state index contributed by atoms with van der Waals surface area (Å²) in [5, 5.41) is 4.67. The zero-order valence-corrected chi connectivity index (χ0v) is 13.4. The quantitative estimate of drug-likeness (QED) is 0.924. The lowest BCUT2D eigenvalue weighted by Crippen LogP contribution is -2.59. The number of nitrogens with one attached hydrogen (secondary N) is 1. The first-order valence-electron chi connectivity index (χ1n) is 6.75. The summed E-state index contributed by atoms with van der Waals surface area (Å²) in [6, 6.07) is 5.48. The highest BCUT2D eigenvalue weighted by Crippen LogP contribution is 2.43. The van der Waals surface area contributed by atoms with E-state index < -0.39 is 9.84 Å². The molecule has 2 aliphatic heterocycles. The average Bonchev–Trinajstić information content (AvgIpc) is 2.69. The van der Waals surface area contributed by atoms with Crippen LogP contribution in [0.1, 0.15) is 12.0 Å². The first-order chi connectivity index (χ1) is 9.40. The molecule has 2 aliphatic rings. The summed E-state index contributed by atoms with van der Waals surface area (Å²) in [7, 11) is -2.85. The second kappa shape index (κ2) is 5.16. The van der Waals surface area contributed by atoms with Crippen LogP contribution in [0.25, 0.3) is 0 Å². The van der Waals surface area contributed by atoms with Crippen molar-refractivity contribution in [1.82, 2.24) is 5.32 Å². The van der Waals surface area contributed by atoms with E-state index in [1.807, 2.05) is 12.1 Å². The minimum atomic E-state index is -2.85. The molecule has 20 heavy (non-hydrogen) atoms. The van der Waals surface area contributed by atoms with Crippen LogP contribution in [0.2, 0.25) is 10.0 Å². The van der Waals surface area contributed by atoms with Crippen molar-refractivity contribution < 1.29 is 8.42 Å². The van der Waals surface area contributed by atoms with Crippen molar-refractivity contribution in [1.29, 1.82) is 0 Å². The van der Waals surface area contributed by atoms with Gasteiger partial charge in [-0.1, -0.05) is 23.2 Å². The first kappa shape index (κ1) is 14.6. The van der Waals surface area contributed by atoms with Crippen molar-refractivity contribution in [3.8, 4) is 0 Å². The second-order valence-electron chi connectivity index (χ2n) is 5.98. The molecule has 0 radical (unpaired) electrons. The van der Waals surface area contributed by atoms with Crippen LogP contribution in [0.3, 0.4) is 0 Å². The van der Waals surface area contributed by atoms with Crippen molar-refractivity contribution >= 4 is 33.0 Å². The number of halogens is 2. The van der Waals surface area contributed by atoms with E-state index >= 15 is 0 Å². The van der Waals surface area contributed by atoms with Crippen LogP contribution in [0.15, 0.2) is 18.2 Å². The fourth-order valence-electron chi connectivity index (χ4n) is 3.34. The SMILES string of the molecule is O=S1(=O)CCC(C2(Cc3cc(Cl)ccc3Cl)CNC2)C1. The van der Waals surface area contributed by atoms with Gasteiger partial charge in [0.1, 0.15) is 0 Å². The van der Waals surface area contributed by atoms with E-state index in [0.717, 1.165) is 31.5 Å². The van der Waals surface area contributed by atoms with E-state index in [-0.39, 0.29) is 11.3 Å². The lowest BCUT2D eigenvalue weighted by molar-refractivity contribution is 0.0925. The summed E-state index contributed by atoms with van der Waals surface area (Å²) < 4.78 is 23.5. The van der Waals surface area contributed by atoms with Gasteiger partial charge >= 0.3 is 0 Å². The molecule has 0 saturated carbocycles. The van der Waals surface area contributed by atoms with Crippen LogP contribution in [0.4, 0.5) is 0 Å². The van der Waals surface area contributed by atoms with Crippen molar-refractivity contribution in [2.24, 2.45) is 11.3 Å². The third-order valence-corrected chi connectivity index (χ3v) is 6.97. The Kier molecular flexibility index (Phi) is 3.78. The number of hydrogen-bond donors (Lipinski definition) is 1. The Morgan fingerprint density at radius 3 is 2.60 bits per heavy atom. The third kappa shape index (κ3) is 2.71. The largest absolute Gasteiger partial charge is 0.315 e. The van der Waals surface area contributed by atoms with Gasteiger partial charge in [0.25, 0.3) is 0 Å². The molecule has 6 heteroatoms. The summed E-state index contributed by atoms with van der Waals surface area (Å²) in [6.45, 7) is 1.71. The molecule has 1 aromatic carbocycles. The second-order valence-corrected chi connectivity index (χ2v) is 9.05. The molecule has 2 saturated heterocycles. The van der Waals surface area contributed by atoms with Crippen LogP contribution in [0, 0.1) is 11.3 Å². The zero-order chi connectivity index (χ0) is 14.4. The molecule has 1 unspecified atom stereocenters. The minimum Gasteiger partial charge on any atom is -0.315 e. The van der Waals surface area contributed by atoms with Gasteiger partial charge in [-0.25, -0.2) is 8.42 Å². The van der Waals surface area contributed by atoms with E-state index in [1.54, 1.807) is 6.07 Å². The van der Waals surface area contributed by atoms with Crippen LogP contribution >= 0.6 is 23.2 Å². The van der Waals surface area contributed by atoms with Gasteiger partial charge < -0.3 is 5.32 Å². The zero-order valence-electron chi connectivity index (χ0n) is 11.0. The summed E-state index contributed by atoms with van der Waals surface area (Å²) >= 11 is 12.3. The molecule has 3 rings (SSSR count). The molecule has 1 atom stereocenters. The topological polar surface area (TPSA) is 46.2 Å². The van der Waals surface area contributed by atoms with E-state index in [0.29, 0.717) is 21.6 Å². The van der Waals surface area contributed by atoms with Crippen molar-refractivity contribution in [3.63, 3.8) is 0 Å².